The van der Waals surface area contributed by atoms with Crippen molar-refractivity contribution < 1.29 is 4.79 Å². The number of hydrogen-bond donors (Lipinski definition) is 5. The van der Waals surface area contributed by atoms with Crippen LogP contribution in [-0.2, 0) is 4.79 Å². The van der Waals surface area contributed by atoms with Gasteiger partial charge in [-0.25, -0.2) is 10.6 Å². The molecule has 0 saturated heterocycles. The number of hydrazine groups is 1. The Hall–Kier alpha value is -2.12. The highest BCUT2D eigenvalue weighted by atomic mass is 16.2. The van der Waals surface area contributed by atoms with E-state index < -0.39 is 6.04 Å². The van der Waals surface area contributed by atoms with Gasteiger partial charge in [0.15, 0.2) is 0 Å². The van der Waals surface area contributed by atoms with Crippen molar-refractivity contribution >= 4 is 16.9 Å². The average molecular weight is 235 g/mol. The molecule has 0 aliphatic rings. The number of nitrogens with two attached hydrogens (primary N) is 2. The molecule has 90 valence electrons. The Morgan fingerprint density at radius 1 is 1.35 bits per heavy atom. The normalized spacial score (nSPS) is 12.6. The molecule has 1 unspecified atom stereocenters. The van der Waals surface area contributed by atoms with Crippen LogP contribution < -0.4 is 22.7 Å². The number of imidazole rings is 1. The first-order valence-corrected chi connectivity index (χ1v) is 5.07. The van der Waals surface area contributed by atoms with Crippen molar-refractivity contribution in [2.24, 2.45) is 11.6 Å². The zero-order valence-electron chi connectivity index (χ0n) is 8.99. The lowest BCUT2D eigenvalue weighted by atomic mass is 10.0. The van der Waals surface area contributed by atoms with E-state index in [-0.39, 0.29) is 18.0 Å². The summed E-state index contributed by atoms with van der Waals surface area (Å²) in [4.78, 5) is 27.4. The van der Waals surface area contributed by atoms with Crippen molar-refractivity contribution in [1.82, 2.24) is 15.4 Å². The summed E-state index contributed by atoms with van der Waals surface area (Å²) < 4.78 is 0. The Bertz CT molecular complexity index is 600. The molecule has 7 N–H and O–H groups in total. The third-order valence-electron chi connectivity index (χ3n) is 2.53. The van der Waals surface area contributed by atoms with E-state index in [1.54, 1.807) is 18.2 Å². The molecule has 1 atom stereocenters. The summed E-state index contributed by atoms with van der Waals surface area (Å²) >= 11 is 0. The standard InChI is InChI=1S/C10H13N5O2/c11-6(4-9(16)15-12)5-1-2-7-8(3-5)14-10(17)13-7/h1-3,6H,4,11-12H2,(H,15,16)(H2,13,14,17). The predicted molar refractivity (Wildman–Crippen MR) is 62.8 cm³/mol. The number of fused-ring (bicyclic) bond motifs is 1. The maximum absolute atomic E-state index is 11.1. The molecule has 0 radical (unpaired) electrons. The predicted octanol–water partition coefficient (Wildman–Crippen LogP) is -0.764. The molecule has 1 amide bonds. The zero-order chi connectivity index (χ0) is 12.4. The number of nitrogens with one attached hydrogen (secondary N) is 3. The quantitative estimate of drug-likeness (QED) is 0.272. The van der Waals surface area contributed by atoms with Gasteiger partial charge in [-0.3, -0.25) is 10.2 Å². The molecule has 0 saturated carbocycles. The van der Waals surface area contributed by atoms with E-state index in [0.717, 1.165) is 5.56 Å². The Morgan fingerprint density at radius 2 is 2.06 bits per heavy atom. The molecule has 0 fully saturated rings. The molecule has 0 aliphatic heterocycles. The molecule has 0 spiro atoms. The Kier molecular flexibility index (Phi) is 2.94. The van der Waals surface area contributed by atoms with Gasteiger partial charge in [0.25, 0.3) is 0 Å². The summed E-state index contributed by atoms with van der Waals surface area (Å²) in [5.74, 6) is 4.65. The topological polar surface area (TPSA) is 130 Å². The molecule has 1 aromatic heterocycles. The van der Waals surface area contributed by atoms with Gasteiger partial charge in [0.05, 0.1) is 11.0 Å². The third-order valence-corrected chi connectivity index (χ3v) is 2.53. The summed E-state index contributed by atoms with van der Waals surface area (Å²) in [6.07, 6.45) is 0.0939. The zero-order valence-corrected chi connectivity index (χ0v) is 8.99. The van der Waals surface area contributed by atoms with Gasteiger partial charge in [0.1, 0.15) is 0 Å². The lowest BCUT2D eigenvalue weighted by Crippen LogP contribution is -2.32. The van der Waals surface area contributed by atoms with Crippen LogP contribution in [-0.4, -0.2) is 15.9 Å². The van der Waals surface area contributed by atoms with E-state index in [9.17, 15) is 9.59 Å². The maximum Gasteiger partial charge on any atom is 0.323 e. The van der Waals surface area contributed by atoms with Gasteiger partial charge in [0.2, 0.25) is 5.91 Å². The molecule has 2 rings (SSSR count). The van der Waals surface area contributed by atoms with Crippen molar-refractivity contribution in [3.05, 3.63) is 34.2 Å². The number of hydrogen-bond acceptors (Lipinski definition) is 4. The second-order valence-electron chi connectivity index (χ2n) is 3.76. The first kappa shape index (κ1) is 11.4. The average Bonchev–Trinajstić information content (AvgIpc) is 2.67. The van der Waals surface area contributed by atoms with Gasteiger partial charge in [0, 0.05) is 12.5 Å². The molecule has 0 aliphatic carbocycles. The van der Waals surface area contributed by atoms with Gasteiger partial charge in [-0.2, -0.15) is 0 Å². The lowest BCUT2D eigenvalue weighted by Gasteiger charge is -2.10. The van der Waals surface area contributed by atoms with Crippen molar-refractivity contribution in [2.45, 2.75) is 12.5 Å². The van der Waals surface area contributed by atoms with Crippen LogP contribution in [0.5, 0.6) is 0 Å². The van der Waals surface area contributed by atoms with Crippen LogP contribution in [0.4, 0.5) is 0 Å². The molecular weight excluding hydrogens is 222 g/mol. The van der Waals surface area contributed by atoms with Gasteiger partial charge in [-0.05, 0) is 17.7 Å². The van der Waals surface area contributed by atoms with Crippen LogP contribution in [0.1, 0.15) is 18.0 Å². The van der Waals surface area contributed by atoms with Crippen LogP contribution in [0, 0.1) is 0 Å². The van der Waals surface area contributed by atoms with E-state index >= 15 is 0 Å². The number of amides is 1. The summed E-state index contributed by atoms with van der Waals surface area (Å²) in [6.45, 7) is 0. The van der Waals surface area contributed by atoms with Crippen LogP contribution in [0.25, 0.3) is 11.0 Å². The lowest BCUT2D eigenvalue weighted by molar-refractivity contribution is -0.121. The van der Waals surface area contributed by atoms with Crippen LogP contribution in [0.15, 0.2) is 23.0 Å². The number of carbonyl (C=O) groups excluding carboxylic acids is 1. The Morgan fingerprint density at radius 3 is 2.76 bits per heavy atom. The maximum atomic E-state index is 11.1. The van der Waals surface area contributed by atoms with Crippen LogP contribution in [0.3, 0.4) is 0 Å². The van der Waals surface area contributed by atoms with Crippen LogP contribution in [0.2, 0.25) is 0 Å². The molecule has 1 heterocycles. The number of aromatic nitrogens is 2. The van der Waals surface area contributed by atoms with Crippen molar-refractivity contribution in [2.75, 3.05) is 0 Å². The number of rotatable bonds is 3. The number of benzene rings is 1. The summed E-state index contributed by atoms with van der Waals surface area (Å²) in [6, 6.07) is 4.78. The fourth-order valence-corrected chi connectivity index (χ4v) is 1.66. The van der Waals surface area contributed by atoms with E-state index in [1.807, 2.05) is 5.43 Å². The second kappa shape index (κ2) is 4.40. The summed E-state index contributed by atoms with van der Waals surface area (Å²) in [5.41, 5.74) is 9.73. The van der Waals surface area contributed by atoms with E-state index in [2.05, 4.69) is 9.97 Å². The number of aromatic amines is 2. The molecule has 0 bridgehead atoms. The highest BCUT2D eigenvalue weighted by molar-refractivity contribution is 5.77. The first-order chi connectivity index (χ1) is 8.10. The second-order valence-corrected chi connectivity index (χ2v) is 3.76. The van der Waals surface area contributed by atoms with Gasteiger partial charge < -0.3 is 15.7 Å². The fraction of sp³-hybridized carbons (Fsp3) is 0.200. The minimum absolute atomic E-state index is 0.0939. The molecule has 17 heavy (non-hydrogen) atoms. The molecular formula is C10H13N5O2. The Balaban J connectivity index is 2.29. The van der Waals surface area contributed by atoms with Gasteiger partial charge >= 0.3 is 5.69 Å². The monoisotopic (exact) mass is 235 g/mol. The summed E-state index contributed by atoms with van der Waals surface area (Å²) in [5, 5.41) is 0. The van der Waals surface area contributed by atoms with E-state index in [0.29, 0.717) is 11.0 Å². The fourth-order valence-electron chi connectivity index (χ4n) is 1.66. The Labute approximate surface area is 96.2 Å². The van der Waals surface area contributed by atoms with Crippen molar-refractivity contribution in [3.8, 4) is 0 Å². The molecule has 7 heteroatoms. The van der Waals surface area contributed by atoms with Crippen LogP contribution >= 0.6 is 0 Å². The highest BCUT2D eigenvalue weighted by Crippen LogP contribution is 2.17. The minimum Gasteiger partial charge on any atom is -0.324 e. The number of carbonyl (C=O) groups is 1. The largest absolute Gasteiger partial charge is 0.324 e. The van der Waals surface area contributed by atoms with E-state index in [4.69, 9.17) is 11.6 Å². The van der Waals surface area contributed by atoms with E-state index in [1.165, 1.54) is 0 Å². The summed E-state index contributed by atoms with van der Waals surface area (Å²) in [7, 11) is 0. The van der Waals surface area contributed by atoms with Crippen molar-refractivity contribution in [3.63, 3.8) is 0 Å². The van der Waals surface area contributed by atoms with Gasteiger partial charge in [-0.1, -0.05) is 6.07 Å². The first-order valence-electron chi connectivity index (χ1n) is 5.07. The number of H-pyrrole nitrogens is 2. The molecule has 2 aromatic rings. The van der Waals surface area contributed by atoms with Gasteiger partial charge in [-0.15, -0.1) is 0 Å². The smallest absolute Gasteiger partial charge is 0.323 e. The van der Waals surface area contributed by atoms with Crippen molar-refractivity contribution in [1.29, 1.82) is 0 Å². The SMILES string of the molecule is NNC(=O)CC(N)c1ccc2[nH]c(=O)[nH]c2c1. The highest BCUT2D eigenvalue weighted by Gasteiger charge is 2.11. The minimum atomic E-state index is -0.457. The third kappa shape index (κ3) is 2.35. The molecule has 1 aromatic carbocycles. The molecule has 7 nitrogen and oxygen atoms in total.